The fraction of sp³-hybridized carbons (Fsp3) is 0.571. The molecule has 0 bridgehead atoms. The van der Waals surface area contributed by atoms with E-state index in [1.807, 2.05) is 0 Å². The molecule has 19 heavy (non-hydrogen) atoms. The summed E-state index contributed by atoms with van der Waals surface area (Å²) < 4.78 is 27.6. The molecule has 0 aliphatic heterocycles. The molecule has 2 atom stereocenters. The van der Waals surface area contributed by atoms with Gasteiger partial charge in [-0.1, -0.05) is 30.9 Å². The molecule has 1 aromatic rings. The number of aliphatic hydroxyl groups is 1. The number of rotatable bonds is 3. The minimum absolute atomic E-state index is 0.00142. The van der Waals surface area contributed by atoms with E-state index < -0.39 is 23.8 Å². The Morgan fingerprint density at radius 1 is 1.21 bits per heavy atom. The van der Waals surface area contributed by atoms with Gasteiger partial charge >= 0.3 is 0 Å². The Kier molecular flexibility index (Phi) is 4.76. The third kappa shape index (κ3) is 3.07. The van der Waals surface area contributed by atoms with E-state index in [2.05, 4.69) is 0 Å². The van der Waals surface area contributed by atoms with Gasteiger partial charge in [-0.2, -0.15) is 0 Å². The maximum Gasteiger partial charge on any atom is 0.149 e. The number of benzene rings is 1. The summed E-state index contributed by atoms with van der Waals surface area (Å²) in [7, 11) is 0. The van der Waals surface area contributed by atoms with E-state index in [9.17, 15) is 13.9 Å². The van der Waals surface area contributed by atoms with E-state index in [1.54, 1.807) is 0 Å². The molecule has 0 aromatic heterocycles. The summed E-state index contributed by atoms with van der Waals surface area (Å²) in [6, 6.07) is 1.14. The molecule has 106 valence electrons. The quantitative estimate of drug-likeness (QED) is 0.836. The van der Waals surface area contributed by atoms with E-state index in [-0.39, 0.29) is 16.5 Å². The fourth-order valence-electron chi connectivity index (χ4n) is 2.79. The summed E-state index contributed by atoms with van der Waals surface area (Å²) in [6.45, 7) is 0. The summed E-state index contributed by atoms with van der Waals surface area (Å²) in [5.41, 5.74) is 5.54. The molecule has 1 aliphatic rings. The summed E-state index contributed by atoms with van der Waals surface area (Å²) in [5, 5.41) is 10.1. The zero-order valence-corrected chi connectivity index (χ0v) is 11.3. The second-order valence-corrected chi connectivity index (χ2v) is 5.58. The van der Waals surface area contributed by atoms with Gasteiger partial charge in [0.15, 0.2) is 0 Å². The monoisotopic (exact) mass is 289 g/mol. The van der Waals surface area contributed by atoms with Crippen LogP contribution >= 0.6 is 11.6 Å². The standard InChI is InChI=1S/C14H18ClF2NO/c15-9-6-7-10(16)11(12(9)17)13(18)14(19)8-4-2-1-3-5-8/h6-8,13-14,19H,1-5,18H2/t13-,14+/m1/s1. The van der Waals surface area contributed by atoms with Gasteiger partial charge in [0.1, 0.15) is 11.6 Å². The molecular formula is C14H18ClF2NO. The largest absolute Gasteiger partial charge is 0.391 e. The molecule has 0 amide bonds. The van der Waals surface area contributed by atoms with Gasteiger partial charge in [-0.25, -0.2) is 8.78 Å². The van der Waals surface area contributed by atoms with Gasteiger partial charge in [0.2, 0.25) is 0 Å². The van der Waals surface area contributed by atoms with E-state index in [4.69, 9.17) is 17.3 Å². The first-order valence-electron chi connectivity index (χ1n) is 6.59. The molecule has 1 saturated carbocycles. The smallest absolute Gasteiger partial charge is 0.149 e. The number of halogens is 3. The lowest BCUT2D eigenvalue weighted by atomic mass is 9.81. The summed E-state index contributed by atoms with van der Waals surface area (Å²) in [4.78, 5) is 0. The molecule has 0 heterocycles. The van der Waals surface area contributed by atoms with Crippen molar-refractivity contribution in [3.63, 3.8) is 0 Å². The third-order valence-corrected chi connectivity index (χ3v) is 4.21. The molecule has 0 unspecified atom stereocenters. The molecule has 3 N–H and O–H groups in total. The topological polar surface area (TPSA) is 46.2 Å². The normalized spacial score (nSPS) is 20.3. The van der Waals surface area contributed by atoms with Crippen molar-refractivity contribution >= 4 is 11.6 Å². The highest BCUT2D eigenvalue weighted by atomic mass is 35.5. The Bertz CT molecular complexity index is 449. The first-order valence-corrected chi connectivity index (χ1v) is 6.97. The summed E-state index contributed by atoms with van der Waals surface area (Å²) >= 11 is 5.64. The van der Waals surface area contributed by atoms with Crippen LogP contribution in [0.3, 0.4) is 0 Å². The second-order valence-electron chi connectivity index (χ2n) is 5.17. The molecular weight excluding hydrogens is 272 g/mol. The minimum atomic E-state index is -1.08. The van der Waals surface area contributed by atoms with Crippen LogP contribution < -0.4 is 5.73 Å². The number of hydrogen-bond acceptors (Lipinski definition) is 2. The van der Waals surface area contributed by atoms with Gasteiger partial charge in [0.25, 0.3) is 0 Å². The fourth-order valence-corrected chi connectivity index (χ4v) is 2.95. The van der Waals surface area contributed by atoms with Crippen molar-refractivity contribution in [1.29, 1.82) is 0 Å². The highest BCUT2D eigenvalue weighted by Crippen LogP contribution is 2.34. The number of nitrogens with two attached hydrogens (primary N) is 1. The molecule has 0 saturated heterocycles. The SMILES string of the molecule is N[C@H](c1c(F)ccc(Cl)c1F)[C@@H](O)C1CCCCC1. The van der Waals surface area contributed by atoms with Crippen LogP contribution in [0.4, 0.5) is 8.78 Å². The van der Waals surface area contributed by atoms with Crippen molar-refractivity contribution in [2.45, 2.75) is 44.2 Å². The lowest BCUT2D eigenvalue weighted by Gasteiger charge is -2.30. The van der Waals surface area contributed by atoms with Gasteiger partial charge < -0.3 is 10.8 Å². The van der Waals surface area contributed by atoms with Gasteiger partial charge in [0.05, 0.1) is 17.2 Å². The third-order valence-electron chi connectivity index (χ3n) is 3.91. The Morgan fingerprint density at radius 3 is 2.47 bits per heavy atom. The van der Waals surface area contributed by atoms with Crippen LogP contribution in [0.5, 0.6) is 0 Å². The maximum atomic E-state index is 13.9. The predicted octanol–water partition coefficient (Wildman–Crippen LogP) is 3.56. The molecule has 0 radical (unpaired) electrons. The lowest BCUT2D eigenvalue weighted by molar-refractivity contribution is 0.0597. The van der Waals surface area contributed by atoms with Gasteiger partial charge in [-0.3, -0.25) is 0 Å². The summed E-state index contributed by atoms with van der Waals surface area (Å²) in [6.07, 6.45) is 3.93. The van der Waals surface area contributed by atoms with E-state index >= 15 is 0 Å². The van der Waals surface area contributed by atoms with Crippen LogP contribution in [0.15, 0.2) is 12.1 Å². The highest BCUT2D eigenvalue weighted by molar-refractivity contribution is 6.30. The minimum Gasteiger partial charge on any atom is -0.391 e. The number of hydrogen-bond donors (Lipinski definition) is 2. The Balaban J connectivity index is 2.23. The van der Waals surface area contributed by atoms with Crippen molar-refractivity contribution in [3.05, 3.63) is 34.4 Å². The van der Waals surface area contributed by atoms with Crippen molar-refractivity contribution in [3.8, 4) is 0 Å². The molecule has 0 spiro atoms. The van der Waals surface area contributed by atoms with Crippen LogP contribution in [0, 0.1) is 17.6 Å². The van der Waals surface area contributed by atoms with Crippen molar-refractivity contribution in [1.82, 2.24) is 0 Å². The van der Waals surface area contributed by atoms with E-state index in [0.717, 1.165) is 44.2 Å². The van der Waals surface area contributed by atoms with Crippen molar-refractivity contribution in [2.75, 3.05) is 0 Å². The Morgan fingerprint density at radius 2 is 1.84 bits per heavy atom. The zero-order chi connectivity index (χ0) is 14.0. The van der Waals surface area contributed by atoms with Crippen LogP contribution in [0.1, 0.15) is 43.7 Å². The average Bonchev–Trinajstić information content (AvgIpc) is 2.43. The van der Waals surface area contributed by atoms with Gasteiger partial charge in [-0.15, -0.1) is 0 Å². The molecule has 1 aromatic carbocycles. The molecule has 5 heteroatoms. The van der Waals surface area contributed by atoms with Gasteiger partial charge in [0, 0.05) is 5.56 Å². The molecule has 1 aliphatic carbocycles. The van der Waals surface area contributed by atoms with Crippen LogP contribution in [0.25, 0.3) is 0 Å². The number of aliphatic hydroxyl groups excluding tert-OH is 1. The van der Waals surface area contributed by atoms with E-state index in [1.165, 1.54) is 0 Å². The maximum absolute atomic E-state index is 13.9. The second kappa shape index (κ2) is 6.16. The summed E-state index contributed by atoms with van der Waals surface area (Å²) in [5.74, 6) is -1.63. The lowest BCUT2D eigenvalue weighted by Crippen LogP contribution is -2.35. The van der Waals surface area contributed by atoms with Crippen molar-refractivity contribution in [2.24, 2.45) is 11.7 Å². The first kappa shape index (κ1) is 14.7. The van der Waals surface area contributed by atoms with Crippen LogP contribution in [-0.4, -0.2) is 11.2 Å². The average molecular weight is 290 g/mol. The predicted molar refractivity (Wildman–Crippen MR) is 70.9 cm³/mol. The highest BCUT2D eigenvalue weighted by Gasteiger charge is 2.31. The molecule has 1 fully saturated rings. The Labute approximate surface area is 116 Å². The van der Waals surface area contributed by atoms with E-state index in [0.29, 0.717) is 0 Å². The van der Waals surface area contributed by atoms with Crippen LogP contribution in [-0.2, 0) is 0 Å². The molecule has 2 rings (SSSR count). The van der Waals surface area contributed by atoms with Crippen LogP contribution in [0.2, 0.25) is 5.02 Å². The first-order chi connectivity index (χ1) is 9.02. The Hall–Kier alpha value is -0.710. The van der Waals surface area contributed by atoms with Crippen molar-refractivity contribution < 1.29 is 13.9 Å². The molecule has 2 nitrogen and oxygen atoms in total. The van der Waals surface area contributed by atoms with Gasteiger partial charge in [-0.05, 0) is 30.9 Å². The zero-order valence-electron chi connectivity index (χ0n) is 10.6.